The Morgan fingerprint density at radius 2 is 1.94 bits per heavy atom. The third kappa shape index (κ3) is 4.95. The molecule has 0 aliphatic carbocycles. The van der Waals surface area contributed by atoms with Crippen molar-refractivity contribution in [3.63, 3.8) is 0 Å². The van der Waals surface area contributed by atoms with Crippen molar-refractivity contribution in [2.45, 2.75) is 17.6 Å². The first-order valence-corrected chi connectivity index (χ1v) is 11.7. The molecular formula is C21H18F2N4O2S2. The molecule has 0 aliphatic heterocycles. The average molecular weight is 461 g/mol. The second-order valence-electron chi connectivity index (χ2n) is 6.80. The first-order valence-electron chi connectivity index (χ1n) is 8.98. The number of halogens is 2. The largest absolute Gasteiger partial charge is 0.291 e. The zero-order valence-corrected chi connectivity index (χ0v) is 18.6. The summed E-state index contributed by atoms with van der Waals surface area (Å²) in [5.74, 6) is -1.32. The summed E-state index contributed by atoms with van der Waals surface area (Å²) in [5, 5.41) is 0.353. The summed E-state index contributed by atoms with van der Waals surface area (Å²) in [6.45, 7) is 8.47. The standard InChI is InChI=1S/C21H18F2N4O2S2/c1-13-20(31(4,29)26-24-2)30-21(25-13)27(3)19(28)11-14-5-7-15(8-6-14)17-12-16(22)9-10-18(17)23/h5-10,12H,11H2,1,3-4H3. The van der Waals surface area contributed by atoms with E-state index in [-0.39, 0.29) is 17.9 Å². The second kappa shape index (κ2) is 8.91. The van der Waals surface area contributed by atoms with Crippen LogP contribution < -0.4 is 4.90 Å². The van der Waals surface area contributed by atoms with Crippen LogP contribution in [-0.2, 0) is 20.9 Å². The van der Waals surface area contributed by atoms with Crippen LogP contribution in [0.3, 0.4) is 0 Å². The minimum Gasteiger partial charge on any atom is -0.291 e. The Bertz CT molecular complexity index is 1300. The van der Waals surface area contributed by atoms with E-state index in [1.165, 1.54) is 11.2 Å². The number of likely N-dealkylation sites (N-methyl/N-ethyl adjacent to an activating group) is 1. The highest BCUT2D eigenvalue weighted by molar-refractivity contribution is 7.95. The summed E-state index contributed by atoms with van der Waals surface area (Å²) in [4.78, 5) is 21.2. The number of anilines is 1. The van der Waals surface area contributed by atoms with E-state index in [4.69, 9.17) is 6.57 Å². The van der Waals surface area contributed by atoms with Crippen molar-refractivity contribution in [2.24, 2.45) is 4.47 Å². The maximum absolute atomic E-state index is 13.9. The van der Waals surface area contributed by atoms with Gasteiger partial charge >= 0.3 is 0 Å². The average Bonchev–Trinajstić information content (AvgIpc) is 3.12. The maximum Gasteiger partial charge on any atom is 0.232 e. The fraction of sp³-hybridized carbons (Fsp3) is 0.190. The van der Waals surface area contributed by atoms with E-state index in [2.05, 4.69) is 14.4 Å². The van der Waals surface area contributed by atoms with Crippen LogP contribution >= 0.6 is 11.3 Å². The van der Waals surface area contributed by atoms with Crippen molar-refractivity contribution >= 4 is 32.1 Å². The van der Waals surface area contributed by atoms with Crippen molar-refractivity contribution in [1.29, 1.82) is 0 Å². The smallest absolute Gasteiger partial charge is 0.232 e. The van der Waals surface area contributed by atoms with Gasteiger partial charge in [0.1, 0.15) is 20.3 Å². The SMILES string of the molecule is [C-]#[N+]N=S(C)(=O)c1sc(N(C)C(=O)Cc2ccc(-c3cc(F)ccc3F)cc2)nc1C. The van der Waals surface area contributed by atoms with Gasteiger partial charge in [0.05, 0.1) is 12.1 Å². The fourth-order valence-corrected chi connectivity index (χ4v) is 5.45. The van der Waals surface area contributed by atoms with Crippen LogP contribution in [0.25, 0.3) is 16.1 Å². The molecule has 31 heavy (non-hydrogen) atoms. The zero-order chi connectivity index (χ0) is 22.8. The predicted octanol–water partition coefficient (Wildman–Crippen LogP) is 4.89. The number of aryl methyl sites for hydroxylation is 1. The number of hydrogen-bond acceptors (Lipinski definition) is 5. The molecule has 1 amide bonds. The van der Waals surface area contributed by atoms with Gasteiger partial charge in [-0.3, -0.25) is 9.69 Å². The molecule has 1 aromatic heterocycles. The van der Waals surface area contributed by atoms with Crippen molar-refractivity contribution in [3.8, 4) is 11.1 Å². The van der Waals surface area contributed by atoms with Gasteiger partial charge in [-0.2, -0.15) is 6.57 Å². The molecule has 2 aromatic carbocycles. The maximum atomic E-state index is 13.9. The van der Waals surface area contributed by atoms with Crippen LogP contribution in [0.4, 0.5) is 13.9 Å². The van der Waals surface area contributed by atoms with Crippen molar-refractivity contribution in [3.05, 3.63) is 76.9 Å². The molecule has 0 N–H and O–H groups in total. The Hall–Kier alpha value is -3.16. The highest BCUT2D eigenvalue weighted by atomic mass is 32.2. The number of benzene rings is 2. The van der Waals surface area contributed by atoms with Crippen LogP contribution in [0, 0.1) is 25.1 Å². The van der Waals surface area contributed by atoms with Gasteiger partial charge < -0.3 is 0 Å². The fourth-order valence-electron chi connectivity index (χ4n) is 2.90. The van der Waals surface area contributed by atoms with E-state index < -0.39 is 21.4 Å². The van der Waals surface area contributed by atoms with E-state index in [0.717, 1.165) is 29.5 Å². The van der Waals surface area contributed by atoms with Crippen molar-refractivity contribution < 1.29 is 17.8 Å². The highest BCUT2D eigenvalue weighted by Gasteiger charge is 2.22. The Labute approximate surface area is 183 Å². The molecule has 1 heterocycles. The molecule has 0 aliphatic rings. The second-order valence-corrected chi connectivity index (χ2v) is 10.2. The molecule has 0 saturated heterocycles. The van der Waals surface area contributed by atoms with Crippen LogP contribution in [0.15, 0.2) is 51.1 Å². The van der Waals surface area contributed by atoms with Crippen molar-refractivity contribution in [1.82, 2.24) is 4.98 Å². The molecule has 0 fully saturated rings. The van der Waals surface area contributed by atoms with E-state index >= 15 is 0 Å². The Balaban J connectivity index is 1.78. The molecule has 3 aromatic rings. The number of aromatic nitrogens is 1. The van der Waals surface area contributed by atoms with Gasteiger partial charge in [0.25, 0.3) is 0 Å². The summed E-state index contributed by atoms with van der Waals surface area (Å²) >= 11 is 1.06. The first-order chi connectivity index (χ1) is 14.6. The topological polar surface area (TPSA) is 67.0 Å². The van der Waals surface area contributed by atoms with Gasteiger partial charge in [0.15, 0.2) is 14.9 Å². The zero-order valence-electron chi connectivity index (χ0n) is 16.9. The lowest BCUT2D eigenvalue weighted by Crippen LogP contribution is -2.27. The number of thiazole rings is 1. The van der Waals surface area contributed by atoms with Gasteiger partial charge in [0, 0.05) is 18.9 Å². The molecule has 0 spiro atoms. The van der Waals surface area contributed by atoms with Gasteiger partial charge in [-0.15, -0.1) is 4.95 Å². The van der Waals surface area contributed by atoms with Gasteiger partial charge in [0.2, 0.25) is 5.91 Å². The molecule has 1 atom stereocenters. The van der Waals surface area contributed by atoms with Crippen molar-refractivity contribution in [2.75, 3.05) is 18.2 Å². The first kappa shape index (κ1) is 22.5. The summed E-state index contributed by atoms with van der Waals surface area (Å²) in [5.41, 5.74) is 1.80. The van der Waals surface area contributed by atoms with Crippen LogP contribution in [0.1, 0.15) is 11.3 Å². The molecule has 0 bridgehead atoms. The van der Waals surface area contributed by atoms with Gasteiger partial charge in [-0.25, -0.2) is 18.0 Å². The molecule has 1 unspecified atom stereocenters. The van der Waals surface area contributed by atoms with Crippen LogP contribution in [0.5, 0.6) is 0 Å². The van der Waals surface area contributed by atoms with E-state index in [9.17, 15) is 17.8 Å². The monoisotopic (exact) mass is 460 g/mol. The molecule has 0 radical (unpaired) electrons. The van der Waals surface area contributed by atoms with Gasteiger partial charge in [-0.05, 0) is 36.2 Å². The molecule has 6 nitrogen and oxygen atoms in total. The van der Waals surface area contributed by atoms with E-state index in [0.29, 0.717) is 26.2 Å². The number of carbonyl (C=O) groups is 1. The summed E-state index contributed by atoms with van der Waals surface area (Å²) in [6.07, 6.45) is 1.42. The number of nitrogens with zero attached hydrogens (tertiary/aromatic N) is 4. The number of hydrogen-bond donors (Lipinski definition) is 0. The normalized spacial score (nSPS) is 12.6. The third-order valence-electron chi connectivity index (χ3n) is 4.49. The Morgan fingerprint density at radius 3 is 2.58 bits per heavy atom. The molecular weight excluding hydrogens is 442 g/mol. The molecule has 160 valence electrons. The van der Waals surface area contributed by atoms with E-state index in [1.54, 1.807) is 38.2 Å². The number of carbonyl (C=O) groups excluding carboxylic acids is 1. The minimum atomic E-state index is -2.89. The molecule has 10 heteroatoms. The van der Waals surface area contributed by atoms with Crippen LogP contribution in [-0.4, -0.2) is 28.4 Å². The third-order valence-corrected chi connectivity index (χ3v) is 8.08. The predicted molar refractivity (Wildman–Crippen MR) is 117 cm³/mol. The summed E-state index contributed by atoms with van der Waals surface area (Å²) < 4.78 is 43.7. The highest BCUT2D eigenvalue weighted by Crippen LogP contribution is 2.31. The Kier molecular flexibility index (Phi) is 6.48. The number of rotatable bonds is 5. The number of amides is 1. The lowest BCUT2D eigenvalue weighted by atomic mass is 10.0. The minimum absolute atomic E-state index is 0.0598. The lowest BCUT2D eigenvalue weighted by Gasteiger charge is -2.14. The summed E-state index contributed by atoms with van der Waals surface area (Å²) in [6, 6.07) is 9.86. The van der Waals surface area contributed by atoms with Crippen LogP contribution in [0.2, 0.25) is 0 Å². The molecule has 0 saturated carbocycles. The molecule has 3 rings (SSSR count). The van der Waals surface area contributed by atoms with E-state index in [1.807, 2.05) is 0 Å². The summed E-state index contributed by atoms with van der Waals surface area (Å²) in [7, 11) is -1.33. The Morgan fingerprint density at radius 1 is 1.26 bits per heavy atom. The quantitative estimate of drug-likeness (QED) is 0.402. The van der Waals surface area contributed by atoms with Gasteiger partial charge in [-0.1, -0.05) is 35.6 Å². The lowest BCUT2D eigenvalue weighted by molar-refractivity contribution is -0.117.